The van der Waals surface area contributed by atoms with Crippen molar-refractivity contribution in [1.29, 1.82) is 0 Å². The average Bonchev–Trinajstić information content (AvgIpc) is 2.70. The summed E-state index contributed by atoms with van der Waals surface area (Å²) in [5.41, 5.74) is -1.08. The van der Waals surface area contributed by atoms with E-state index in [2.05, 4.69) is 4.98 Å². The third kappa shape index (κ3) is 2.29. The first kappa shape index (κ1) is 14.2. The Morgan fingerprint density at radius 3 is 2.55 bits per heavy atom. The van der Waals surface area contributed by atoms with Gasteiger partial charge in [0, 0.05) is 13.0 Å². The monoisotopic (exact) mass is 298 g/mol. The number of benzene rings is 1. The molecule has 0 aliphatic heterocycles. The van der Waals surface area contributed by atoms with Crippen molar-refractivity contribution in [3.8, 4) is 10.6 Å². The molecule has 0 N–H and O–H groups in total. The lowest BCUT2D eigenvalue weighted by molar-refractivity contribution is -0.387. The Labute approximate surface area is 116 Å². The van der Waals surface area contributed by atoms with Crippen molar-refractivity contribution in [1.82, 2.24) is 4.98 Å². The third-order valence-electron chi connectivity index (χ3n) is 2.60. The Bertz CT molecular complexity index is 728. The van der Waals surface area contributed by atoms with Crippen molar-refractivity contribution in [2.75, 3.05) is 0 Å². The summed E-state index contributed by atoms with van der Waals surface area (Å²) >= 11 is 0.806. The van der Waals surface area contributed by atoms with Crippen molar-refractivity contribution in [2.24, 2.45) is 0 Å². The van der Waals surface area contributed by atoms with Crippen LogP contribution in [-0.2, 0) is 0 Å². The summed E-state index contributed by atoms with van der Waals surface area (Å²) in [5, 5.41) is 10.6. The van der Waals surface area contributed by atoms with E-state index in [9.17, 15) is 23.7 Å². The first-order chi connectivity index (χ1) is 9.32. The van der Waals surface area contributed by atoms with Crippen molar-refractivity contribution in [3.63, 3.8) is 0 Å². The van der Waals surface area contributed by atoms with E-state index in [1.54, 1.807) is 0 Å². The molecule has 1 heterocycles. The molecule has 20 heavy (non-hydrogen) atoms. The molecule has 8 heteroatoms. The number of carbonyl (C=O) groups is 1. The SMILES string of the molecule is CC(=O)c1sc(-c2c(F)ccc([N+](=O)[O-])c2F)nc1C. The fraction of sp³-hybridized carbons (Fsp3) is 0.167. The summed E-state index contributed by atoms with van der Waals surface area (Å²) in [6.45, 7) is 2.84. The highest BCUT2D eigenvalue weighted by Crippen LogP contribution is 2.35. The van der Waals surface area contributed by atoms with E-state index < -0.39 is 27.8 Å². The summed E-state index contributed by atoms with van der Waals surface area (Å²) in [7, 11) is 0. The van der Waals surface area contributed by atoms with Gasteiger partial charge in [0.25, 0.3) is 0 Å². The lowest BCUT2D eigenvalue weighted by Crippen LogP contribution is -1.97. The minimum Gasteiger partial charge on any atom is -0.294 e. The minimum absolute atomic E-state index is 0.0913. The number of Topliss-reactive ketones (excluding diaryl/α,β-unsaturated/α-hetero) is 1. The Hall–Kier alpha value is -2.22. The Morgan fingerprint density at radius 2 is 2.05 bits per heavy atom. The molecule has 0 radical (unpaired) electrons. The van der Waals surface area contributed by atoms with Crippen LogP contribution in [0.15, 0.2) is 12.1 Å². The van der Waals surface area contributed by atoms with E-state index in [4.69, 9.17) is 0 Å². The molecule has 0 unspecified atom stereocenters. The molecule has 0 fully saturated rings. The zero-order valence-electron chi connectivity index (χ0n) is 10.4. The maximum Gasteiger partial charge on any atom is 0.305 e. The van der Waals surface area contributed by atoms with Crippen LogP contribution in [0.2, 0.25) is 0 Å². The fourth-order valence-electron chi connectivity index (χ4n) is 1.71. The molecule has 0 amide bonds. The highest BCUT2D eigenvalue weighted by Gasteiger charge is 2.25. The standard InChI is InChI=1S/C12H8F2N2O3S/c1-5-11(6(2)17)20-12(15-5)9-7(13)3-4-8(10(9)14)16(18)19/h3-4H,1-2H3. The van der Waals surface area contributed by atoms with Gasteiger partial charge in [-0.2, -0.15) is 4.39 Å². The van der Waals surface area contributed by atoms with Crippen LogP contribution in [0, 0.1) is 28.7 Å². The predicted octanol–water partition coefficient (Wildman–Crippen LogP) is 3.51. The quantitative estimate of drug-likeness (QED) is 0.494. The number of hydrogen-bond donors (Lipinski definition) is 0. The fourth-order valence-corrected chi connectivity index (χ4v) is 2.71. The second-order valence-electron chi connectivity index (χ2n) is 4.00. The third-order valence-corrected chi connectivity index (χ3v) is 3.87. The topological polar surface area (TPSA) is 73.1 Å². The lowest BCUT2D eigenvalue weighted by Gasteiger charge is -2.01. The zero-order valence-corrected chi connectivity index (χ0v) is 11.3. The van der Waals surface area contributed by atoms with Crippen LogP contribution in [0.25, 0.3) is 10.6 Å². The van der Waals surface area contributed by atoms with E-state index in [1.165, 1.54) is 13.8 Å². The van der Waals surface area contributed by atoms with Gasteiger partial charge in [0.2, 0.25) is 5.82 Å². The summed E-state index contributed by atoms with van der Waals surface area (Å²) in [6, 6.07) is 1.56. The van der Waals surface area contributed by atoms with Crippen molar-refractivity contribution >= 4 is 22.8 Å². The van der Waals surface area contributed by atoms with Gasteiger partial charge in [-0.15, -0.1) is 11.3 Å². The summed E-state index contributed by atoms with van der Waals surface area (Å²) in [6.07, 6.45) is 0. The second-order valence-corrected chi connectivity index (χ2v) is 5.00. The number of nitrogens with zero attached hydrogens (tertiary/aromatic N) is 2. The highest BCUT2D eigenvalue weighted by atomic mass is 32.1. The van der Waals surface area contributed by atoms with Gasteiger partial charge in [0.1, 0.15) is 10.8 Å². The van der Waals surface area contributed by atoms with Gasteiger partial charge in [-0.25, -0.2) is 9.37 Å². The number of halogens is 2. The maximum absolute atomic E-state index is 14.0. The Kier molecular flexibility index (Phi) is 3.58. The number of nitro groups is 1. The van der Waals surface area contributed by atoms with Crippen LogP contribution < -0.4 is 0 Å². The molecule has 0 atom stereocenters. The highest BCUT2D eigenvalue weighted by molar-refractivity contribution is 7.17. The van der Waals surface area contributed by atoms with Crippen LogP contribution in [0.3, 0.4) is 0 Å². The lowest BCUT2D eigenvalue weighted by atomic mass is 10.2. The number of aromatic nitrogens is 1. The van der Waals surface area contributed by atoms with Gasteiger partial charge >= 0.3 is 5.69 Å². The number of hydrogen-bond acceptors (Lipinski definition) is 5. The van der Waals surface area contributed by atoms with Gasteiger partial charge < -0.3 is 0 Å². The maximum atomic E-state index is 14.0. The van der Waals surface area contributed by atoms with E-state index in [0.29, 0.717) is 5.69 Å². The zero-order chi connectivity index (χ0) is 15.0. The van der Waals surface area contributed by atoms with Gasteiger partial charge in [-0.05, 0) is 13.0 Å². The molecule has 104 valence electrons. The predicted molar refractivity (Wildman–Crippen MR) is 68.9 cm³/mol. The van der Waals surface area contributed by atoms with E-state index in [0.717, 1.165) is 23.5 Å². The molecule has 0 spiro atoms. The summed E-state index contributed by atoms with van der Waals surface area (Å²) in [5.74, 6) is -2.53. The van der Waals surface area contributed by atoms with Gasteiger partial charge in [-0.1, -0.05) is 0 Å². The molecule has 0 saturated carbocycles. The van der Waals surface area contributed by atoms with Crippen LogP contribution in [0.4, 0.5) is 14.5 Å². The van der Waals surface area contributed by atoms with E-state index in [1.807, 2.05) is 0 Å². The molecular weight excluding hydrogens is 290 g/mol. The smallest absolute Gasteiger partial charge is 0.294 e. The van der Waals surface area contributed by atoms with Crippen LogP contribution in [-0.4, -0.2) is 15.7 Å². The molecule has 2 rings (SSSR count). The molecule has 1 aromatic carbocycles. The molecule has 5 nitrogen and oxygen atoms in total. The molecule has 1 aromatic heterocycles. The van der Waals surface area contributed by atoms with Gasteiger partial charge in [0.15, 0.2) is 5.78 Å². The molecular formula is C12H8F2N2O3S. The Morgan fingerprint density at radius 1 is 1.40 bits per heavy atom. The van der Waals surface area contributed by atoms with Crippen molar-refractivity contribution < 1.29 is 18.5 Å². The Balaban J connectivity index is 2.69. The number of carbonyl (C=O) groups excluding carboxylic acids is 1. The summed E-state index contributed by atoms with van der Waals surface area (Å²) < 4.78 is 27.8. The minimum atomic E-state index is -1.29. The van der Waals surface area contributed by atoms with E-state index >= 15 is 0 Å². The molecule has 0 bridgehead atoms. The van der Waals surface area contributed by atoms with Crippen molar-refractivity contribution in [3.05, 3.63) is 44.5 Å². The number of thiazole rings is 1. The molecule has 0 saturated heterocycles. The number of nitro benzene ring substituents is 1. The number of aryl methyl sites for hydroxylation is 1. The normalized spacial score (nSPS) is 10.6. The van der Waals surface area contributed by atoms with Gasteiger partial charge in [0.05, 0.1) is 21.1 Å². The van der Waals surface area contributed by atoms with Crippen LogP contribution >= 0.6 is 11.3 Å². The number of ketones is 1. The van der Waals surface area contributed by atoms with Crippen LogP contribution in [0.1, 0.15) is 22.3 Å². The number of rotatable bonds is 3. The van der Waals surface area contributed by atoms with E-state index in [-0.39, 0.29) is 15.7 Å². The van der Waals surface area contributed by atoms with Crippen LogP contribution in [0.5, 0.6) is 0 Å². The second kappa shape index (κ2) is 5.04. The summed E-state index contributed by atoms with van der Waals surface area (Å²) in [4.78, 5) is 25.2. The molecule has 0 aliphatic rings. The first-order valence-electron chi connectivity index (χ1n) is 5.44. The van der Waals surface area contributed by atoms with Crippen molar-refractivity contribution in [2.45, 2.75) is 13.8 Å². The molecule has 0 aliphatic carbocycles. The molecule has 2 aromatic rings. The first-order valence-corrected chi connectivity index (χ1v) is 6.25. The largest absolute Gasteiger partial charge is 0.305 e. The van der Waals surface area contributed by atoms with Gasteiger partial charge in [-0.3, -0.25) is 14.9 Å². The average molecular weight is 298 g/mol.